The Morgan fingerprint density at radius 3 is 2.88 bits per heavy atom. The number of carbonyl (C=O) groups excluding carboxylic acids is 1. The highest BCUT2D eigenvalue weighted by atomic mass is 16.3. The summed E-state index contributed by atoms with van der Waals surface area (Å²) >= 11 is 0. The molecule has 2 aliphatic heterocycles. The van der Waals surface area contributed by atoms with Crippen LogP contribution in [0.1, 0.15) is 45.4 Å². The van der Waals surface area contributed by atoms with Crippen molar-refractivity contribution in [3.05, 3.63) is 12.4 Å². The number of amides is 1. The highest BCUT2D eigenvalue weighted by Gasteiger charge is 2.27. The van der Waals surface area contributed by atoms with Gasteiger partial charge >= 0.3 is 0 Å². The molecule has 0 spiro atoms. The lowest BCUT2D eigenvalue weighted by molar-refractivity contribution is -0.121. The van der Waals surface area contributed by atoms with Gasteiger partial charge in [-0.15, -0.1) is 0 Å². The number of aromatic nitrogens is 2. The molecule has 2 fully saturated rings. The van der Waals surface area contributed by atoms with Gasteiger partial charge in [0.1, 0.15) is 18.0 Å². The third kappa shape index (κ3) is 4.39. The minimum Gasteiger partial charge on any atom is -0.394 e. The molecule has 0 aliphatic carbocycles. The Morgan fingerprint density at radius 2 is 2.08 bits per heavy atom. The van der Waals surface area contributed by atoms with Crippen LogP contribution in [0.15, 0.2) is 12.4 Å². The van der Waals surface area contributed by atoms with E-state index in [1.165, 1.54) is 0 Å². The average molecular weight is 347 g/mol. The first kappa shape index (κ1) is 17.9. The molecule has 0 radical (unpaired) electrons. The Kier molecular flexibility index (Phi) is 6.07. The maximum atomic E-state index is 11.9. The van der Waals surface area contributed by atoms with Gasteiger partial charge in [0.25, 0.3) is 0 Å². The van der Waals surface area contributed by atoms with Crippen molar-refractivity contribution in [1.82, 2.24) is 15.3 Å². The Balaban J connectivity index is 1.67. The van der Waals surface area contributed by atoms with Gasteiger partial charge in [-0.25, -0.2) is 9.97 Å². The summed E-state index contributed by atoms with van der Waals surface area (Å²) in [5.41, 5.74) is 0. The number of aliphatic hydroxyl groups excluding tert-OH is 1. The molecule has 2 N–H and O–H groups in total. The lowest BCUT2D eigenvalue weighted by Crippen LogP contribution is -2.48. The molecule has 1 amide bonds. The van der Waals surface area contributed by atoms with Gasteiger partial charge in [-0.3, -0.25) is 4.79 Å². The van der Waals surface area contributed by atoms with Gasteiger partial charge in [-0.05, 0) is 32.1 Å². The van der Waals surface area contributed by atoms with Gasteiger partial charge in [-0.1, -0.05) is 6.92 Å². The maximum Gasteiger partial charge on any atom is 0.220 e. The summed E-state index contributed by atoms with van der Waals surface area (Å²) < 4.78 is 0. The van der Waals surface area contributed by atoms with Crippen LogP contribution in [0, 0.1) is 0 Å². The number of hydrogen-bond donors (Lipinski definition) is 2. The van der Waals surface area contributed by atoms with Gasteiger partial charge in [0.05, 0.1) is 12.6 Å². The first-order valence-corrected chi connectivity index (χ1v) is 9.45. The Morgan fingerprint density at radius 1 is 1.28 bits per heavy atom. The highest BCUT2D eigenvalue weighted by molar-refractivity contribution is 5.76. The first-order chi connectivity index (χ1) is 12.2. The standard InChI is InChI=1S/C18H29N5O2/c1-2-5-18(25)21-14-6-3-8-22(11-14)16-10-17(20-13-19-16)23-9-4-7-15(23)12-24/h10,13-15,24H,2-9,11-12H2,1H3,(H,21,25). The summed E-state index contributed by atoms with van der Waals surface area (Å²) in [6.07, 6.45) is 7.22. The third-order valence-corrected chi connectivity index (χ3v) is 5.11. The molecule has 2 atom stereocenters. The van der Waals surface area contributed by atoms with Crippen molar-refractivity contribution in [1.29, 1.82) is 0 Å². The molecule has 25 heavy (non-hydrogen) atoms. The zero-order valence-corrected chi connectivity index (χ0v) is 15.0. The fourth-order valence-corrected chi connectivity index (χ4v) is 3.82. The molecule has 0 bridgehead atoms. The van der Waals surface area contributed by atoms with Crippen LogP contribution in [-0.4, -0.2) is 59.3 Å². The summed E-state index contributed by atoms with van der Waals surface area (Å²) in [7, 11) is 0. The topological polar surface area (TPSA) is 81.6 Å². The van der Waals surface area contributed by atoms with Crippen molar-refractivity contribution < 1.29 is 9.90 Å². The number of rotatable bonds is 6. The van der Waals surface area contributed by atoms with Crippen LogP contribution < -0.4 is 15.1 Å². The Labute approximate surface area is 149 Å². The van der Waals surface area contributed by atoms with Crippen LogP contribution in [0.5, 0.6) is 0 Å². The van der Waals surface area contributed by atoms with Crippen molar-refractivity contribution in [3.8, 4) is 0 Å². The molecule has 138 valence electrons. The molecule has 1 aromatic heterocycles. The number of carbonyl (C=O) groups is 1. The van der Waals surface area contributed by atoms with Crippen molar-refractivity contribution in [2.75, 3.05) is 36.0 Å². The molecule has 7 heteroatoms. The van der Waals surface area contributed by atoms with Crippen LogP contribution in [0.2, 0.25) is 0 Å². The van der Waals surface area contributed by atoms with Crippen LogP contribution in [0.4, 0.5) is 11.6 Å². The van der Waals surface area contributed by atoms with E-state index in [0.29, 0.717) is 6.42 Å². The molecule has 7 nitrogen and oxygen atoms in total. The van der Waals surface area contributed by atoms with E-state index in [4.69, 9.17) is 0 Å². The van der Waals surface area contributed by atoms with Gasteiger partial charge in [0.2, 0.25) is 5.91 Å². The van der Waals surface area contributed by atoms with E-state index in [2.05, 4.69) is 25.1 Å². The number of anilines is 2. The average Bonchev–Trinajstić information content (AvgIpc) is 3.11. The molecule has 2 saturated heterocycles. The third-order valence-electron chi connectivity index (χ3n) is 5.11. The zero-order valence-electron chi connectivity index (χ0n) is 15.0. The van der Waals surface area contributed by atoms with E-state index >= 15 is 0 Å². The molecular weight excluding hydrogens is 318 g/mol. The second-order valence-corrected chi connectivity index (χ2v) is 7.01. The molecular formula is C18H29N5O2. The maximum absolute atomic E-state index is 11.9. The highest BCUT2D eigenvalue weighted by Crippen LogP contribution is 2.26. The van der Waals surface area contributed by atoms with E-state index in [9.17, 15) is 9.90 Å². The fraction of sp³-hybridized carbons (Fsp3) is 0.722. The molecule has 0 aromatic carbocycles. The monoisotopic (exact) mass is 347 g/mol. The van der Waals surface area contributed by atoms with Crippen LogP contribution >= 0.6 is 0 Å². The SMILES string of the molecule is CCCC(=O)NC1CCCN(c2cc(N3CCCC3CO)ncn2)C1. The van der Waals surface area contributed by atoms with E-state index < -0.39 is 0 Å². The minimum absolute atomic E-state index is 0.139. The predicted molar refractivity (Wildman–Crippen MR) is 97.8 cm³/mol. The summed E-state index contributed by atoms with van der Waals surface area (Å²) in [5.74, 6) is 1.93. The van der Waals surface area contributed by atoms with E-state index in [-0.39, 0.29) is 24.6 Å². The van der Waals surface area contributed by atoms with Crippen LogP contribution in [-0.2, 0) is 4.79 Å². The number of nitrogens with zero attached hydrogens (tertiary/aromatic N) is 4. The number of nitrogens with one attached hydrogen (secondary N) is 1. The lowest BCUT2D eigenvalue weighted by atomic mass is 10.1. The van der Waals surface area contributed by atoms with Gasteiger partial charge in [0.15, 0.2) is 0 Å². The van der Waals surface area contributed by atoms with Crippen LogP contribution in [0.3, 0.4) is 0 Å². The Hall–Kier alpha value is -1.89. The van der Waals surface area contributed by atoms with Crippen molar-refractivity contribution in [3.63, 3.8) is 0 Å². The van der Waals surface area contributed by atoms with Gasteiger partial charge in [-0.2, -0.15) is 0 Å². The molecule has 2 unspecified atom stereocenters. The molecule has 2 aliphatic rings. The van der Waals surface area contributed by atoms with Crippen molar-refractivity contribution >= 4 is 17.5 Å². The Bertz CT molecular complexity index is 582. The van der Waals surface area contributed by atoms with Gasteiger partial charge < -0.3 is 20.2 Å². The molecule has 3 heterocycles. The zero-order chi connectivity index (χ0) is 17.6. The smallest absolute Gasteiger partial charge is 0.220 e. The number of aliphatic hydroxyl groups is 1. The first-order valence-electron chi connectivity index (χ1n) is 9.45. The largest absolute Gasteiger partial charge is 0.394 e. The summed E-state index contributed by atoms with van der Waals surface area (Å²) in [6.45, 7) is 4.84. The lowest BCUT2D eigenvalue weighted by Gasteiger charge is -2.34. The summed E-state index contributed by atoms with van der Waals surface area (Å²) in [5, 5.41) is 12.7. The molecule has 0 saturated carbocycles. The van der Waals surface area contributed by atoms with Crippen molar-refractivity contribution in [2.24, 2.45) is 0 Å². The molecule has 3 rings (SSSR count). The quantitative estimate of drug-likeness (QED) is 0.808. The number of piperidine rings is 1. The normalized spacial score (nSPS) is 23.8. The van der Waals surface area contributed by atoms with E-state index in [0.717, 1.165) is 63.4 Å². The van der Waals surface area contributed by atoms with Crippen LogP contribution in [0.25, 0.3) is 0 Å². The summed E-state index contributed by atoms with van der Waals surface area (Å²) in [6, 6.07) is 2.36. The second kappa shape index (κ2) is 8.47. The second-order valence-electron chi connectivity index (χ2n) is 7.01. The predicted octanol–water partition coefficient (Wildman–Crippen LogP) is 1.32. The summed E-state index contributed by atoms with van der Waals surface area (Å²) in [4.78, 5) is 25.1. The van der Waals surface area contributed by atoms with Gasteiger partial charge in [0, 0.05) is 38.2 Å². The molecule has 1 aromatic rings. The van der Waals surface area contributed by atoms with E-state index in [1.807, 2.05) is 13.0 Å². The van der Waals surface area contributed by atoms with E-state index in [1.54, 1.807) is 6.33 Å². The van der Waals surface area contributed by atoms with Crippen molar-refractivity contribution in [2.45, 2.75) is 57.5 Å². The minimum atomic E-state index is 0.139. The number of hydrogen-bond acceptors (Lipinski definition) is 6. The fourth-order valence-electron chi connectivity index (χ4n) is 3.82.